The Labute approximate surface area is 190 Å². The van der Waals surface area contributed by atoms with E-state index in [1.54, 1.807) is 6.92 Å². The number of carbonyl (C=O) groups excluding carboxylic acids is 1. The van der Waals surface area contributed by atoms with Crippen LogP contribution in [0.2, 0.25) is 18.1 Å². The molecule has 1 fully saturated rings. The SMILES string of the molecule is C=C(/C=C/COC1CCCCO1)C[C@H](CO[Si](C)(C)C(C)(C)C)OC(=O)CCC#CC. The number of ether oxygens (including phenoxy) is 3. The number of hydrogen-bond acceptors (Lipinski definition) is 5. The Morgan fingerprint density at radius 3 is 2.68 bits per heavy atom. The molecule has 1 unspecified atom stereocenters. The van der Waals surface area contributed by atoms with Gasteiger partial charge in [-0.05, 0) is 44.3 Å². The molecule has 2 atom stereocenters. The summed E-state index contributed by atoms with van der Waals surface area (Å²) in [6.45, 7) is 18.5. The van der Waals surface area contributed by atoms with Gasteiger partial charge in [0.2, 0.25) is 0 Å². The highest BCUT2D eigenvalue weighted by Crippen LogP contribution is 2.36. The fraction of sp³-hybridized carbons (Fsp3) is 0.720. The third kappa shape index (κ3) is 11.7. The highest BCUT2D eigenvalue weighted by atomic mass is 28.4. The van der Waals surface area contributed by atoms with Crippen LogP contribution in [0.5, 0.6) is 0 Å². The van der Waals surface area contributed by atoms with Crippen LogP contribution in [0.4, 0.5) is 0 Å². The minimum absolute atomic E-state index is 0.0910. The van der Waals surface area contributed by atoms with Crippen molar-refractivity contribution in [3.63, 3.8) is 0 Å². The molecular weight excluding hydrogens is 408 g/mol. The summed E-state index contributed by atoms with van der Waals surface area (Å²) in [7, 11) is -1.95. The van der Waals surface area contributed by atoms with Crippen LogP contribution in [0.3, 0.4) is 0 Å². The van der Waals surface area contributed by atoms with Gasteiger partial charge >= 0.3 is 5.97 Å². The van der Waals surface area contributed by atoms with E-state index in [-0.39, 0.29) is 29.8 Å². The molecule has 0 N–H and O–H groups in total. The second-order valence-electron chi connectivity index (χ2n) is 9.50. The first-order valence-electron chi connectivity index (χ1n) is 11.4. The summed E-state index contributed by atoms with van der Waals surface area (Å²) >= 11 is 0. The van der Waals surface area contributed by atoms with E-state index in [1.165, 1.54) is 0 Å². The summed E-state index contributed by atoms with van der Waals surface area (Å²) in [5, 5.41) is 0.0910. The summed E-state index contributed by atoms with van der Waals surface area (Å²) in [6.07, 6.45) is 7.91. The second-order valence-corrected chi connectivity index (χ2v) is 14.3. The molecule has 0 aromatic rings. The van der Waals surface area contributed by atoms with Crippen LogP contribution < -0.4 is 0 Å². The molecular formula is C25H42O5Si. The van der Waals surface area contributed by atoms with Gasteiger partial charge in [0.1, 0.15) is 6.10 Å². The predicted octanol–water partition coefficient (Wildman–Crippen LogP) is 5.77. The molecule has 0 aromatic carbocycles. The molecule has 0 bridgehead atoms. The summed E-state index contributed by atoms with van der Waals surface area (Å²) in [5.41, 5.74) is 0.873. The molecule has 176 valence electrons. The van der Waals surface area contributed by atoms with Crippen molar-refractivity contribution >= 4 is 14.3 Å². The molecule has 0 radical (unpaired) electrons. The van der Waals surface area contributed by atoms with Gasteiger partial charge in [-0.25, -0.2) is 0 Å². The van der Waals surface area contributed by atoms with Crippen LogP contribution in [-0.4, -0.2) is 46.5 Å². The monoisotopic (exact) mass is 450 g/mol. The molecule has 0 spiro atoms. The standard InChI is InChI=1S/C25H42O5Si/c1-8-9-10-15-23(26)30-22(20-29-31(6,7)25(3,4)5)19-21(2)14-13-18-28-24-16-11-12-17-27-24/h13-14,22,24H,2,10-12,15-20H2,1,3-7H3/b14-13+/t22-,24?/m1/s1. The molecule has 5 nitrogen and oxygen atoms in total. The van der Waals surface area contributed by atoms with E-state index in [4.69, 9.17) is 18.6 Å². The van der Waals surface area contributed by atoms with Crippen molar-refractivity contribution in [3.8, 4) is 11.8 Å². The van der Waals surface area contributed by atoms with Crippen molar-refractivity contribution in [3.05, 3.63) is 24.3 Å². The van der Waals surface area contributed by atoms with Crippen LogP contribution in [0, 0.1) is 11.8 Å². The van der Waals surface area contributed by atoms with E-state index in [9.17, 15) is 4.79 Å². The van der Waals surface area contributed by atoms with E-state index in [0.717, 1.165) is 31.4 Å². The van der Waals surface area contributed by atoms with Crippen molar-refractivity contribution in [2.24, 2.45) is 0 Å². The van der Waals surface area contributed by atoms with Crippen molar-refractivity contribution in [1.82, 2.24) is 0 Å². The maximum absolute atomic E-state index is 12.3. The highest BCUT2D eigenvalue weighted by Gasteiger charge is 2.37. The summed E-state index contributed by atoms with van der Waals surface area (Å²) in [4.78, 5) is 12.3. The van der Waals surface area contributed by atoms with E-state index in [1.807, 2.05) is 12.2 Å². The van der Waals surface area contributed by atoms with Gasteiger partial charge < -0.3 is 18.6 Å². The minimum Gasteiger partial charge on any atom is -0.460 e. The fourth-order valence-corrected chi connectivity index (χ4v) is 3.80. The van der Waals surface area contributed by atoms with Crippen molar-refractivity contribution in [2.45, 2.75) is 96.7 Å². The normalized spacial score (nSPS) is 18.3. The van der Waals surface area contributed by atoms with Gasteiger partial charge in [-0.15, -0.1) is 11.8 Å². The van der Waals surface area contributed by atoms with Crippen molar-refractivity contribution < 1.29 is 23.4 Å². The zero-order valence-corrected chi connectivity index (χ0v) is 21.4. The van der Waals surface area contributed by atoms with Gasteiger partial charge in [-0.1, -0.05) is 45.1 Å². The Kier molecular flexibility index (Phi) is 12.4. The third-order valence-corrected chi connectivity index (χ3v) is 10.2. The van der Waals surface area contributed by atoms with Gasteiger partial charge in [0.15, 0.2) is 14.6 Å². The minimum atomic E-state index is -1.95. The summed E-state index contributed by atoms with van der Waals surface area (Å²) < 4.78 is 23.3. The third-order valence-electron chi connectivity index (χ3n) is 5.72. The van der Waals surface area contributed by atoms with Crippen molar-refractivity contribution in [2.75, 3.05) is 19.8 Å². The number of esters is 1. The van der Waals surface area contributed by atoms with Gasteiger partial charge in [0, 0.05) is 19.4 Å². The van der Waals surface area contributed by atoms with Gasteiger partial charge in [-0.3, -0.25) is 4.79 Å². The Hall–Kier alpha value is -1.39. The second kappa shape index (κ2) is 13.9. The molecule has 0 aliphatic carbocycles. The van der Waals surface area contributed by atoms with Gasteiger partial charge in [0.25, 0.3) is 0 Å². The molecule has 1 aliphatic heterocycles. The van der Waals surface area contributed by atoms with Crippen LogP contribution in [0.15, 0.2) is 24.3 Å². The molecule has 1 saturated heterocycles. The Balaban J connectivity index is 2.59. The van der Waals surface area contributed by atoms with E-state index < -0.39 is 8.32 Å². The number of carbonyl (C=O) groups is 1. The molecule has 0 saturated carbocycles. The van der Waals surface area contributed by atoms with E-state index >= 15 is 0 Å². The molecule has 31 heavy (non-hydrogen) atoms. The van der Waals surface area contributed by atoms with Crippen LogP contribution in [-0.2, 0) is 23.4 Å². The Morgan fingerprint density at radius 1 is 1.32 bits per heavy atom. The largest absolute Gasteiger partial charge is 0.460 e. The summed E-state index contributed by atoms with van der Waals surface area (Å²) in [5.74, 6) is 5.46. The molecule has 1 rings (SSSR count). The molecule has 6 heteroatoms. The summed E-state index contributed by atoms with van der Waals surface area (Å²) in [6, 6.07) is 0. The van der Waals surface area contributed by atoms with E-state index in [2.05, 4.69) is 52.3 Å². The molecule has 0 amide bonds. The lowest BCUT2D eigenvalue weighted by atomic mass is 10.1. The maximum Gasteiger partial charge on any atom is 0.307 e. The lowest BCUT2D eigenvalue weighted by Crippen LogP contribution is -2.43. The fourth-order valence-electron chi connectivity index (χ4n) is 2.77. The molecule has 1 aliphatic rings. The average Bonchev–Trinajstić information content (AvgIpc) is 2.69. The van der Waals surface area contributed by atoms with Crippen LogP contribution >= 0.6 is 0 Å². The van der Waals surface area contributed by atoms with Gasteiger partial charge in [-0.2, -0.15) is 0 Å². The number of hydrogen-bond donors (Lipinski definition) is 0. The van der Waals surface area contributed by atoms with Crippen LogP contribution in [0.1, 0.15) is 66.2 Å². The first-order valence-corrected chi connectivity index (χ1v) is 14.3. The lowest BCUT2D eigenvalue weighted by Gasteiger charge is -2.37. The maximum atomic E-state index is 12.3. The Bertz CT molecular complexity index is 645. The van der Waals surface area contributed by atoms with E-state index in [0.29, 0.717) is 26.1 Å². The lowest BCUT2D eigenvalue weighted by molar-refractivity contribution is -0.155. The first-order chi connectivity index (χ1) is 14.5. The highest BCUT2D eigenvalue weighted by molar-refractivity contribution is 6.74. The molecule has 0 aromatic heterocycles. The Morgan fingerprint density at radius 2 is 2.06 bits per heavy atom. The quantitative estimate of drug-likeness (QED) is 0.163. The predicted molar refractivity (Wildman–Crippen MR) is 128 cm³/mol. The first kappa shape index (κ1) is 27.6. The van der Waals surface area contributed by atoms with Gasteiger partial charge in [0.05, 0.1) is 19.6 Å². The smallest absolute Gasteiger partial charge is 0.307 e. The average molecular weight is 451 g/mol. The zero-order valence-electron chi connectivity index (χ0n) is 20.4. The zero-order chi connectivity index (χ0) is 23.3. The van der Waals surface area contributed by atoms with Crippen LogP contribution in [0.25, 0.3) is 0 Å². The number of rotatable bonds is 12. The van der Waals surface area contributed by atoms with Crippen molar-refractivity contribution in [1.29, 1.82) is 0 Å². The topological polar surface area (TPSA) is 54.0 Å². The molecule has 1 heterocycles. The number of allylic oxidation sites excluding steroid dienone is 1.